The fourth-order valence-electron chi connectivity index (χ4n) is 3.61. The summed E-state index contributed by atoms with van der Waals surface area (Å²) in [6.45, 7) is 13.1. The topological polar surface area (TPSA) is 32.3 Å². The fourth-order valence-corrected chi connectivity index (χ4v) is 3.61. The quantitative estimate of drug-likeness (QED) is 0.653. The number of nitrogens with one attached hydrogen (secondary N) is 1. The minimum absolute atomic E-state index is 0.0385. The molecule has 3 nitrogen and oxygen atoms in total. The Morgan fingerprint density at radius 2 is 1.74 bits per heavy atom. The first-order chi connectivity index (χ1) is 12.8. The zero-order chi connectivity index (χ0) is 20.0. The van der Waals surface area contributed by atoms with Crippen LogP contribution < -0.4 is 5.32 Å². The van der Waals surface area contributed by atoms with Crippen molar-refractivity contribution in [2.24, 2.45) is 11.8 Å². The number of benzene rings is 2. The van der Waals surface area contributed by atoms with Crippen molar-refractivity contribution in [2.45, 2.75) is 40.3 Å². The highest BCUT2D eigenvalue weighted by Crippen LogP contribution is 2.24. The summed E-state index contributed by atoms with van der Waals surface area (Å²) in [6.07, 6.45) is 1.90. The van der Waals surface area contributed by atoms with Crippen molar-refractivity contribution < 1.29 is 4.79 Å². The molecule has 0 fully saturated rings. The number of nitrogens with zero attached hydrogens (tertiary/aromatic N) is 1. The van der Waals surface area contributed by atoms with Crippen molar-refractivity contribution in [3.8, 4) is 0 Å². The number of likely N-dealkylation sites (N-methyl/N-ethyl adjacent to an activating group) is 1. The second kappa shape index (κ2) is 9.52. The first-order valence-electron chi connectivity index (χ1n) is 9.57. The average Bonchev–Trinajstić information content (AvgIpc) is 2.58. The molecule has 144 valence electrons. The average molecular weight is 365 g/mol. The molecule has 27 heavy (non-hydrogen) atoms. The van der Waals surface area contributed by atoms with Gasteiger partial charge in [0.2, 0.25) is 5.91 Å². The number of hydrogen-bond acceptors (Lipinski definition) is 2. The number of carbonyl (C=O) groups is 1. The van der Waals surface area contributed by atoms with Crippen molar-refractivity contribution in [3.63, 3.8) is 0 Å². The summed E-state index contributed by atoms with van der Waals surface area (Å²) in [5.41, 5.74) is 4.46. The van der Waals surface area contributed by atoms with E-state index in [0.29, 0.717) is 0 Å². The molecule has 0 saturated heterocycles. The van der Waals surface area contributed by atoms with E-state index < -0.39 is 0 Å². The van der Waals surface area contributed by atoms with Crippen LogP contribution in [0.25, 0.3) is 0 Å². The standard InChI is InChI=1S/C24H32N2O/c1-7-22(26(6)16-20-12-8-10-18(4)14-20)23(17(2)3)24(27)25-21-13-9-11-19(5)15-21/h7-15,17,22-23H,1,16H2,2-6H3,(H,25,27). The second-order valence-electron chi connectivity index (χ2n) is 7.76. The minimum atomic E-state index is -0.183. The molecule has 0 aliphatic rings. The van der Waals surface area contributed by atoms with Gasteiger partial charge in [0.15, 0.2) is 0 Å². The smallest absolute Gasteiger partial charge is 0.229 e. The SMILES string of the molecule is C=CC(C(C(=O)Nc1cccc(C)c1)C(C)C)N(C)Cc1cccc(C)c1. The van der Waals surface area contributed by atoms with Crippen LogP contribution >= 0.6 is 0 Å². The van der Waals surface area contributed by atoms with Crippen molar-refractivity contribution in [1.29, 1.82) is 0 Å². The molecular formula is C24H32N2O. The predicted molar refractivity (Wildman–Crippen MR) is 115 cm³/mol. The van der Waals surface area contributed by atoms with Crippen molar-refractivity contribution in [2.75, 3.05) is 12.4 Å². The van der Waals surface area contributed by atoms with Crippen LogP contribution in [0.4, 0.5) is 5.69 Å². The van der Waals surface area contributed by atoms with Crippen molar-refractivity contribution in [3.05, 3.63) is 77.9 Å². The Bertz CT molecular complexity index is 781. The summed E-state index contributed by atoms with van der Waals surface area (Å²) in [7, 11) is 2.06. The molecule has 2 rings (SSSR count). The summed E-state index contributed by atoms with van der Waals surface area (Å²) < 4.78 is 0. The summed E-state index contributed by atoms with van der Waals surface area (Å²) in [5.74, 6) is 0.0483. The third-order valence-electron chi connectivity index (χ3n) is 4.94. The van der Waals surface area contributed by atoms with Crippen molar-refractivity contribution >= 4 is 11.6 Å². The Morgan fingerprint density at radius 1 is 1.11 bits per heavy atom. The molecule has 0 heterocycles. The molecule has 3 heteroatoms. The predicted octanol–water partition coefficient (Wildman–Crippen LogP) is 5.20. The molecule has 1 N–H and O–H groups in total. The lowest BCUT2D eigenvalue weighted by atomic mass is 9.86. The third-order valence-corrected chi connectivity index (χ3v) is 4.94. The number of aryl methyl sites for hydroxylation is 2. The van der Waals surface area contributed by atoms with Crippen LogP contribution in [0.15, 0.2) is 61.2 Å². The lowest BCUT2D eigenvalue weighted by molar-refractivity contribution is -0.122. The van der Waals surface area contributed by atoms with E-state index in [1.165, 1.54) is 11.1 Å². The van der Waals surface area contributed by atoms with Gasteiger partial charge in [-0.25, -0.2) is 0 Å². The highest BCUT2D eigenvalue weighted by Gasteiger charge is 2.32. The Hall–Kier alpha value is -2.39. The van der Waals surface area contributed by atoms with Gasteiger partial charge < -0.3 is 5.32 Å². The monoisotopic (exact) mass is 364 g/mol. The highest BCUT2D eigenvalue weighted by molar-refractivity contribution is 5.93. The molecule has 0 bridgehead atoms. The van der Waals surface area contributed by atoms with Crippen LogP contribution in [0.5, 0.6) is 0 Å². The third kappa shape index (κ3) is 5.80. The van der Waals surface area contributed by atoms with E-state index in [1.54, 1.807) is 0 Å². The molecule has 1 amide bonds. The number of anilines is 1. The normalized spacial score (nSPS) is 13.4. The van der Waals surface area contributed by atoms with Gasteiger partial charge in [-0.2, -0.15) is 0 Å². The molecule has 0 radical (unpaired) electrons. The maximum atomic E-state index is 13.1. The Balaban J connectivity index is 2.18. The van der Waals surface area contributed by atoms with E-state index in [-0.39, 0.29) is 23.8 Å². The Morgan fingerprint density at radius 3 is 2.30 bits per heavy atom. The lowest BCUT2D eigenvalue weighted by Gasteiger charge is -2.34. The minimum Gasteiger partial charge on any atom is -0.326 e. The first-order valence-corrected chi connectivity index (χ1v) is 9.57. The van der Waals surface area contributed by atoms with Gasteiger partial charge in [-0.3, -0.25) is 9.69 Å². The maximum Gasteiger partial charge on any atom is 0.229 e. The molecule has 0 spiro atoms. The van der Waals surface area contributed by atoms with E-state index in [9.17, 15) is 4.79 Å². The van der Waals surface area contributed by atoms with Crippen molar-refractivity contribution in [1.82, 2.24) is 4.90 Å². The largest absolute Gasteiger partial charge is 0.326 e. The molecule has 0 aromatic heterocycles. The summed E-state index contributed by atoms with van der Waals surface area (Å²) >= 11 is 0. The number of hydrogen-bond donors (Lipinski definition) is 1. The van der Waals surface area contributed by atoms with Gasteiger partial charge in [-0.1, -0.05) is 61.9 Å². The van der Waals surface area contributed by atoms with Gasteiger partial charge >= 0.3 is 0 Å². The summed E-state index contributed by atoms with van der Waals surface area (Å²) in [6, 6.07) is 16.4. The summed E-state index contributed by atoms with van der Waals surface area (Å²) in [5, 5.41) is 3.09. The molecule has 2 aromatic rings. The van der Waals surface area contributed by atoms with Crippen LogP contribution in [0.2, 0.25) is 0 Å². The van der Waals surface area contributed by atoms with E-state index in [2.05, 4.69) is 68.9 Å². The van der Waals surface area contributed by atoms with Gasteiger partial charge in [-0.05, 0) is 50.1 Å². The van der Waals surface area contributed by atoms with Gasteiger partial charge in [0.05, 0.1) is 5.92 Å². The molecule has 0 saturated carbocycles. The molecular weight excluding hydrogens is 332 g/mol. The van der Waals surface area contributed by atoms with Gasteiger partial charge in [0.1, 0.15) is 0 Å². The first kappa shape index (κ1) is 20.9. The summed E-state index contributed by atoms with van der Waals surface area (Å²) in [4.78, 5) is 15.3. The maximum absolute atomic E-state index is 13.1. The van der Waals surface area contributed by atoms with Gasteiger partial charge in [0.25, 0.3) is 0 Å². The second-order valence-corrected chi connectivity index (χ2v) is 7.76. The molecule has 2 aromatic carbocycles. The molecule has 2 unspecified atom stereocenters. The van der Waals surface area contributed by atoms with E-state index in [0.717, 1.165) is 17.8 Å². The van der Waals surface area contributed by atoms with Crippen LogP contribution in [0.3, 0.4) is 0 Å². The van der Waals surface area contributed by atoms with E-state index >= 15 is 0 Å². The lowest BCUT2D eigenvalue weighted by Crippen LogP contribution is -2.44. The molecule has 0 aliphatic heterocycles. The van der Waals surface area contributed by atoms with Crippen LogP contribution in [-0.2, 0) is 11.3 Å². The number of amides is 1. The number of carbonyl (C=O) groups excluding carboxylic acids is 1. The molecule has 0 aliphatic carbocycles. The van der Waals surface area contributed by atoms with E-state index in [4.69, 9.17) is 0 Å². The van der Waals surface area contributed by atoms with Gasteiger partial charge in [0, 0.05) is 18.3 Å². The number of rotatable bonds is 8. The van der Waals surface area contributed by atoms with Gasteiger partial charge in [-0.15, -0.1) is 6.58 Å². The fraction of sp³-hybridized carbons (Fsp3) is 0.375. The zero-order valence-electron chi connectivity index (χ0n) is 17.2. The highest BCUT2D eigenvalue weighted by atomic mass is 16.2. The van der Waals surface area contributed by atoms with E-state index in [1.807, 2.05) is 37.3 Å². The van der Waals surface area contributed by atoms with Crippen LogP contribution in [-0.4, -0.2) is 23.9 Å². The van der Waals surface area contributed by atoms with Crippen LogP contribution in [0.1, 0.15) is 30.5 Å². The Labute approximate surface area is 164 Å². The van der Waals surface area contributed by atoms with Crippen LogP contribution in [0, 0.1) is 25.7 Å². The Kier molecular flexibility index (Phi) is 7.37. The zero-order valence-corrected chi connectivity index (χ0v) is 17.2. The molecule has 2 atom stereocenters.